The Bertz CT molecular complexity index is 1560. The smallest absolute Gasteiger partial charge is 0.270 e. The summed E-state index contributed by atoms with van der Waals surface area (Å²) in [4.78, 5) is 27.5. The molecule has 1 atom stereocenters. The summed E-state index contributed by atoms with van der Waals surface area (Å²) >= 11 is 6.07. The highest BCUT2D eigenvalue weighted by molar-refractivity contribution is 6.30. The van der Waals surface area contributed by atoms with Gasteiger partial charge in [-0.05, 0) is 53.1 Å². The van der Waals surface area contributed by atoms with E-state index >= 15 is 0 Å². The molecule has 38 heavy (non-hydrogen) atoms. The number of carbonyl (C=O) groups excluding carboxylic acids is 1. The molecule has 5 rings (SSSR count). The summed E-state index contributed by atoms with van der Waals surface area (Å²) in [5, 5.41) is 22.1. The minimum Gasteiger partial charge on any atom is -0.497 e. The lowest BCUT2D eigenvalue weighted by molar-refractivity contribution is -0.384. The predicted octanol–water partition coefficient (Wildman–Crippen LogP) is 5.56. The maximum Gasteiger partial charge on any atom is 0.270 e. The molecule has 4 aromatic rings. The second-order valence-electron chi connectivity index (χ2n) is 8.31. The number of nitrogens with zero attached hydrogens (tertiary/aromatic N) is 4. The quantitative estimate of drug-likeness (QED) is 0.183. The molecule has 2 N–H and O–H groups in total. The van der Waals surface area contributed by atoms with Gasteiger partial charge in [-0.25, -0.2) is 4.68 Å². The number of hydrogen-bond acceptors (Lipinski definition) is 7. The van der Waals surface area contributed by atoms with Gasteiger partial charge in [0.1, 0.15) is 11.8 Å². The number of amides is 1. The number of aromatic nitrogens is 3. The molecule has 1 unspecified atom stereocenters. The van der Waals surface area contributed by atoms with Crippen molar-refractivity contribution in [1.29, 1.82) is 0 Å². The topological polar surface area (TPSA) is 124 Å². The number of nitrogens with one attached hydrogen (secondary N) is 2. The van der Waals surface area contributed by atoms with Crippen molar-refractivity contribution in [2.45, 2.75) is 6.04 Å². The first-order valence-corrected chi connectivity index (χ1v) is 11.9. The van der Waals surface area contributed by atoms with Gasteiger partial charge in [0.2, 0.25) is 5.95 Å². The predicted molar refractivity (Wildman–Crippen MR) is 145 cm³/mol. The third-order valence-electron chi connectivity index (χ3n) is 5.82. The van der Waals surface area contributed by atoms with Crippen molar-refractivity contribution in [3.05, 3.63) is 117 Å². The number of halogens is 1. The van der Waals surface area contributed by atoms with E-state index in [9.17, 15) is 14.9 Å². The second-order valence-corrected chi connectivity index (χ2v) is 8.74. The van der Waals surface area contributed by atoms with Crippen molar-refractivity contribution in [2.24, 2.45) is 0 Å². The van der Waals surface area contributed by atoms with Crippen LogP contribution in [-0.4, -0.2) is 32.7 Å². The highest BCUT2D eigenvalue weighted by Crippen LogP contribution is 2.34. The minimum atomic E-state index is -0.491. The number of rotatable bonds is 7. The Morgan fingerprint density at radius 3 is 2.63 bits per heavy atom. The standard InChI is InChI=1S/C27H21ClN6O4/c1-38-22-12-8-19(9-13-22)24-16-23(18-6-10-20(28)11-7-18)29-27-31-26(32-33(24)27)30-25(35)14-5-17-3-2-4-21(15-17)34(36)37/h2-16,24H,1H3,(H2,29,30,31,32,35)/b14-5+. The van der Waals surface area contributed by atoms with Crippen molar-refractivity contribution >= 4 is 46.9 Å². The molecule has 1 aromatic heterocycles. The zero-order chi connectivity index (χ0) is 26.6. The van der Waals surface area contributed by atoms with Gasteiger partial charge in [0, 0.05) is 28.9 Å². The number of allylic oxidation sites excluding steroid dienone is 1. The van der Waals surface area contributed by atoms with E-state index in [1.54, 1.807) is 36.1 Å². The Morgan fingerprint density at radius 1 is 1.16 bits per heavy atom. The van der Waals surface area contributed by atoms with Crippen LogP contribution in [0.15, 0.2) is 84.9 Å². The molecule has 0 spiro atoms. The molecule has 10 nitrogen and oxygen atoms in total. The normalized spacial score (nSPS) is 14.4. The molecule has 0 radical (unpaired) electrons. The molecule has 11 heteroatoms. The molecule has 190 valence electrons. The van der Waals surface area contributed by atoms with Gasteiger partial charge in [-0.1, -0.05) is 48.0 Å². The monoisotopic (exact) mass is 528 g/mol. The van der Waals surface area contributed by atoms with Crippen LogP contribution in [0.5, 0.6) is 5.75 Å². The van der Waals surface area contributed by atoms with E-state index in [0.717, 1.165) is 22.6 Å². The molecule has 0 fully saturated rings. The van der Waals surface area contributed by atoms with Crippen molar-refractivity contribution in [1.82, 2.24) is 14.8 Å². The number of methoxy groups -OCH3 is 1. The summed E-state index contributed by atoms with van der Waals surface area (Å²) in [7, 11) is 1.61. The van der Waals surface area contributed by atoms with Gasteiger partial charge in [-0.2, -0.15) is 4.98 Å². The molecule has 2 heterocycles. The molecule has 1 amide bonds. The first-order chi connectivity index (χ1) is 18.4. The number of ether oxygens (including phenoxy) is 1. The summed E-state index contributed by atoms with van der Waals surface area (Å²) in [6.45, 7) is 0. The zero-order valence-corrected chi connectivity index (χ0v) is 20.8. The Kier molecular flexibility index (Phi) is 6.88. The fourth-order valence-corrected chi connectivity index (χ4v) is 4.07. The van der Waals surface area contributed by atoms with E-state index in [-0.39, 0.29) is 17.7 Å². The number of hydrogen-bond donors (Lipinski definition) is 2. The van der Waals surface area contributed by atoms with Crippen LogP contribution in [-0.2, 0) is 4.79 Å². The van der Waals surface area contributed by atoms with Crippen LogP contribution in [0.2, 0.25) is 5.02 Å². The second kappa shape index (κ2) is 10.6. The molecular formula is C27H21ClN6O4. The van der Waals surface area contributed by atoms with E-state index in [1.807, 2.05) is 42.5 Å². The van der Waals surface area contributed by atoms with Crippen molar-refractivity contribution in [3.8, 4) is 5.75 Å². The summed E-state index contributed by atoms with van der Waals surface area (Å²) in [6, 6.07) is 20.7. The summed E-state index contributed by atoms with van der Waals surface area (Å²) < 4.78 is 6.97. The van der Waals surface area contributed by atoms with Crippen LogP contribution < -0.4 is 15.4 Å². The van der Waals surface area contributed by atoms with Gasteiger partial charge in [0.25, 0.3) is 17.5 Å². The zero-order valence-electron chi connectivity index (χ0n) is 20.0. The molecule has 3 aromatic carbocycles. The number of nitro benzene ring substituents is 1. The van der Waals surface area contributed by atoms with Crippen LogP contribution in [0.25, 0.3) is 11.8 Å². The lowest BCUT2D eigenvalue weighted by atomic mass is 10.0. The molecule has 1 aliphatic rings. The third-order valence-corrected chi connectivity index (χ3v) is 6.07. The van der Waals surface area contributed by atoms with Gasteiger partial charge >= 0.3 is 0 Å². The van der Waals surface area contributed by atoms with Crippen molar-refractivity contribution in [3.63, 3.8) is 0 Å². The van der Waals surface area contributed by atoms with E-state index in [0.29, 0.717) is 16.5 Å². The number of benzene rings is 3. The fraction of sp³-hybridized carbons (Fsp3) is 0.0741. The van der Waals surface area contributed by atoms with E-state index in [1.165, 1.54) is 24.3 Å². The molecule has 1 aliphatic heterocycles. The molecule has 0 bridgehead atoms. The number of carbonyl (C=O) groups is 1. The average Bonchev–Trinajstić information content (AvgIpc) is 3.34. The fourth-order valence-electron chi connectivity index (χ4n) is 3.95. The van der Waals surface area contributed by atoms with Gasteiger partial charge in [0.15, 0.2) is 0 Å². The first-order valence-electron chi connectivity index (χ1n) is 11.5. The number of anilines is 2. The Labute approximate surface area is 222 Å². The molecule has 0 saturated carbocycles. The Balaban J connectivity index is 1.41. The van der Waals surface area contributed by atoms with E-state index < -0.39 is 10.8 Å². The van der Waals surface area contributed by atoms with Gasteiger partial charge in [-0.3, -0.25) is 20.2 Å². The number of non-ortho nitro benzene ring substituents is 1. The van der Waals surface area contributed by atoms with Crippen LogP contribution in [0.1, 0.15) is 22.7 Å². The largest absolute Gasteiger partial charge is 0.497 e. The van der Waals surface area contributed by atoms with Crippen LogP contribution >= 0.6 is 11.6 Å². The maximum atomic E-state index is 12.6. The van der Waals surface area contributed by atoms with E-state index in [4.69, 9.17) is 16.3 Å². The Morgan fingerprint density at radius 2 is 1.92 bits per heavy atom. The van der Waals surface area contributed by atoms with Gasteiger partial charge in [-0.15, -0.1) is 5.10 Å². The van der Waals surface area contributed by atoms with Gasteiger partial charge < -0.3 is 10.1 Å². The molecular weight excluding hydrogens is 508 g/mol. The van der Waals surface area contributed by atoms with E-state index in [2.05, 4.69) is 20.7 Å². The summed E-state index contributed by atoms with van der Waals surface area (Å²) in [5.41, 5.74) is 3.12. The van der Waals surface area contributed by atoms with Crippen LogP contribution in [0, 0.1) is 10.1 Å². The number of nitro groups is 1. The average molecular weight is 529 g/mol. The maximum absolute atomic E-state index is 12.6. The molecule has 0 saturated heterocycles. The summed E-state index contributed by atoms with van der Waals surface area (Å²) in [6.07, 6.45) is 4.77. The van der Waals surface area contributed by atoms with Gasteiger partial charge in [0.05, 0.1) is 12.0 Å². The van der Waals surface area contributed by atoms with Crippen molar-refractivity contribution < 1.29 is 14.5 Å². The summed E-state index contributed by atoms with van der Waals surface area (Å²) in [5.74, 6) is 0.792. The highest BCUT2D eigenvalue weighted by Gasteiger charge is 2.26. The first kappa shape index (κ1) is 24.7. The molecule has 0 aliphatic carbocycles. The number of fused-ring (bicyclic) bond motifs is 1. The van der Waals surface area contributed by atoms with Crippen LogP contribution in [0.3, 0.4) is 0 Å². The van der Waals surface area contributed by atoms with Crippen LogP contribution in [0.4, 0.5) is 17.6 Å². The minimum absolute atomic E-state index is 0.0596. The SMILES string of the molecule is COc1ccc(C2C=C(c3ccc(Cl)cc3)Nc3nc(NC(=O)/C=C/c4cccc([N+](=O)[O-])c4)nn32)cc1. The van der Waals surface area contributed by atoms with Crippen molar-refractivity contribution in [2.75, 3.05) is 17.7 Å². The highest BCUT2D eigenvalue weighted by atomic mass is 35.5. The Hall–Kier alpha value is -4.96. The third kappa shape index (κ3) is 5.40. The lowest BCUT2D eigenvalue weighted by Gasteiger charge is -2.24. The lowest BCUT2D eigenvalue weighted by Crippen LogP contribution is -2.20.